The number of hydrogen-bond donors (Lipinski definition) is 1. The Kier molecular flexibility index (Phi) is 4.24. The summed E-state index contributed by atoms with van der Waals surface area (Å²) in [7, 11) is 0. The second-order valence-electron chi connectivity index (χ2n) is 2.14. The number of carbonyl (C=O) groups excluding carboxylic acids is 1. The number of alkyl halides is 1. The smallest absolute Gasteiger partial charge is 0.221 e. The standard InChI is InChI=1S/C7H9BrN2OS/c8-2-1-6(11)10-5-7-9-3-4-12-7/h3-4H,1-2,5H2,(H,10,11). The van der Waals surface area contributed by atoms with Gasteiger partial charge in [-0.15, -0.1) is 11.3 Å². The van der Waals surface area contributed by atoms with E-state index in [0.717, 1.165) is 5.01 Å². The van der Waals surface area contributed by atoms with Gasteiger partial charge in [0, 0.05) is 23.3 Å². The van der Waals surface area contributed by atoms with Crippen molar-refractivity contribution < 1.29 is 4.79 Å². The van der Waals surface area contributed by atoms with Crippen LogP contribution in [0.3, 0.4) is 0 Å². The van der Waals surface area contributed by atoms with Crippen molar-refractivity contribution in [2.45, 2.75) is 13.0 Å². The van der Waals surface area contributed by atoms with E-state index in [1.807, 2.05) is 5.38 Å². The van der Waals surface area contributed by atoms with Crippen LogP contribution in [0.1, 0.15) is 11.4 Å². The summed E-state index contributed by atoms with van der Waals surface area (Å²) < 4.78 is 0. The van der Waals surface area contributed by atoms with Crippen LogP contribution in [0, 0.1) is 0 Å². The van der Waals surface area contributed by atoms with Crippen molar-refractivity contribution in [3.8, 4) is 0 Å². The average molecular weight is 249 g/mol. The van der Waals surface area contributed by atoms with Crippen molar-refractivity contribution in [3.63, 3.8) is 0 Å². The zero-order valence-electron chi connectivity index (χ0n) is 6.42. The molecule has 0 fully saturated rings. The molecule has 0 aromatic carbocycles. The summed E-state index contributed by atoms with van der Waals surface area (Å²) in [5.41, 5.74) is 0. The SMILES string of the molecule is O=C(CCBr)NCc1nccs1. The summed E-state index contributed by atoms with van der Waals surface area (Å²) in [5.74, 6) is 0.0575. The van der Waals surface area contributed by atoms with Crippen molar-refractivity contribution in [3.05, 3.63) is 16.6 Å². The largest absolute Gasteiger partial charge is 0.350 e. The first kappa shape index (κ1) is 9.67. The van der Waals surface area contributed by atoms with Crippen molar-refractivity contribution in [2.24, 2.45) is 0 Å². The molecule has 1 heterocycles. The molecule has 3 nitrogen and oxygen atoms in total. The molecule has 0 saturated carbocycles. The van der Waals surface area contributed by atoms with E-state index in [1.54, 1.807) is 17.5 Å². The summed E-state index contributed by atoms with van der Waals surface area (Å²) in [5, 5.41) is 6.31. The van der Waals surface area contributed by atoms with Crippen molar-refractivity contribution >= 4 is 33.2 Å². The maximum absolute atomic E-state index is 11.0. The molecule has 0 aliphatic rings. The first-order chi connectivity index (χ1) is 5.83. The van der Waals surface area contributed by atoms with Crippen molar-refractivity contribution in [1.82, 2.24) is 10.3 Å². The molecular weight excluding hydrogens is 240 g/mol. The van der Waals surface area contributed by atoms with Gasteiger partial charge in [-0.2, -0.15) is 0 Å². The van der Waals surface area contributed by atoms with Gasteiger partial charge in [0.05, 0.1) is 6.54 Å². The van der Waals surface area contributed by atoms with Gasteiger partial charge in [-0.1, -0.05) is 15.9 Å². The minimum atomic E-state index is 0.0575. The maximum Gasteiger partial charge on any atom is 0.221 e. The Morgan fingerprint density at radius 2 is 2.58 bits per heavy atom. The van der Waals surface area contributed by atoms with Crippen LogP contribution in [0.5, 0.6) is 0 Å². The molecule has 0 unspecified atom stereocenters. The number of carbonyl (C=O) groups is 1. The fourth-order valence-electron chi connectivity index (χ4n) is 0.689. The molecule has 0 aliphatic carbocycles. The number of aromatic nitrogens is 1. The number of nitrogens with zero attached hydrogens (tertiary/aromatic N) is 1. The van der Waals surface area contributed by atoms with E-state index in [0.29, 0.717) is 18.3 Å². The highest BCUT2D eigenvalue weighted by Gasteiger charge is 2.00. The highest BCUT2D eigenvalue weighted by molar-refractivity contribution is 9.09. The van der Waals surface area contributed by atoms with Crippen LogP contribution in [-0.2, 0) is 11.3 Å². The number of hydrogen-bond acceptors (Lipinski definition) is 3. The second kappa shape index (κ2) is 5.27. The molecule has 1 rings (SSSR count). The van der Waals surface area contributed by atoms with Gasteiger partial charge in [0.15, 0.2) is 0 Å². The molecule has 0 saturated heterocycles. The minimum absolute atomic E-state index is 0.0575. The molecule has 0 aliphatic heterocycles. The lowest BCUT2D eigenvalue weighted by Gasteiger charge is -1.99. The second-order valence-corrected chi connectivity index (χ2v) is 3.91. The third-order valence-corrected chi connectivity index (χ3v) is 2.42. The summed E-state index contributed by atoms with van der Waals surface area (Å²) in [6, 6.07) is 0. The Bertz CT molecular complexity index is 238. The third kappa shape index (κ3) is 3.32. The molecule has 0 radical (unpaired) electrons. The van der Waals surface area contributed by atoms with Gasteiger partial charge in [0.1, 0.15) is 5.01 Å². The lowest BCUT2D eigenvalue weighted by atomic mass is 10.4. The predicted octanol–water partition coefficient (Wildman–Crippen LogP) is 1.54. The Hall–Kier alpha value is -0.420. The molecule has 0 spiro atoms. The zero-order valence-corrected chi connectivity index (χ0v) is 8.82. The molecule has 5 heteroatoms. The molecule has 12 heavy (non-hydrogen) atoms. The van der Waals surface area contributed by atoms with E-state index in [4.69, 9.17) is 0 Å². The summed E-state index contributed by atoms with van der Waals surface area (Å²) in [6.45, 7) is 0.545. The van der Waals surface area contributed by atoms with E-state index in [9.17, 15) is 4.79 Å². The molecular formula is C7H9BrN2OS. The topological polar surface area (TPSA) is 42.0 Å². The van der Waals surface area contributed by atoms with E-state index >= 15 is 0 Å². The van der Waals surface area contributed by atoms with Crippen molar-refractivity contribution in [1.29, 1.82) is 0 Å². The summed E-state index contributed by atoms with van der Waals surface area (Å²) in [4.78, 5) is 15.0. The van der Waals surface area contributed by atoms with Gasteiger partial charge >= 0.3 is 0 Å². The Morgan fingerprint density at radius 1 is 1.75 bits per heavy atom. The monoisotopic (exact) mass is 248 g/mol. The summed E-state index contributed by atoms with van der Waals surface area (Å²) >= 11 is 4.74. The minimum Gasteiger partial charge on any atom is -0.350 e. The molecule has 66 valence electrons. The average Bonchev–Trinajstić information content (AvgIpc) is 2.53. The van der Waals surface area contributed by atoms with Crippen LogP contribution in [0.4, 0.5) is 0 Å². The number of amides is 1. The van der Waals surface area contributed by atoms with Gasteiger partial charge in [-0.25, -0.2) is 4.98 Å². The predicted molar refractivity (Wildman–Crippen MR) is 52.4 cm³/mol. The molecule has 1 amide bonds. The Labute approximate surface area is 83.3 Å². The Morgan fingerprint density at radius 3 is 3.17 bits per heavy atom. The van der Waals surface area contributed by atoms with Crippen LogP contribution >= 0.6 is 27.3 Å². The number of thiazole rings is 1. The van der Waals surface area contributed by atoms with Gasteiger partial charge in [0.2, 0.25) is 5.91 Å². The number of nitrogens with one attached hydrogen (secondary N) is 1. The highest BCUT2D eigenvalue weighted by Crippen LogP contribution is 2.02. The Balaban J connectivity index is 2.22. The first-order valence-electron chi connectivity index (χ1n) is 3.54. The summed E-state index contributed by atoms with van der Waals surface area (Å²) in [6.07, 6.45) is 2.25. The molecule has 1 aromatic heterocycles. The normalized spacial score (nSPS) is 9.75. The first-order valence-corrected chi connectivity index (χ1v) is 5.54. The lowest BCUT2D eigenvalue weighted by molar-refractivity contribution is -0.120. The van der Waals surface area contributed by atoms with Crippen LogP contribution in [0.2, 0.25) is 0 Å². The van der Waals surface area contributed by atoms with E-state index < -0.39 is 0 Å². The van der Waals surface area contributed by atoms with Crippen molar-refractivity contribution in [2.75, 3.05) is 5.33 Å². The fourth-order valence-corrected chi connectivity index (χ4v) is 1.60. The van der Waals surface area contributed by atoms with Crippen LogP contribution in [0.15, 0.2) is 11.6 Å². The molecule has 1 N–H and O–H groups in total. The van der Waals surface area contributed by atoms with Gasteiger partial charge in [-0.3, -0.25) is 4.79 Å². The maximum atomic E-state index is 11.0. The van der Waals surface area contributed by atoms with Gasteiger partial charge in [0.25, 0.3) is 0 Å². The quantitative estimate of drug-likeness (QED) is 0.822. The number of rotatable bonds is 4. The van der Waals surface area contributed by atoms with Gasteiger partial charge in [-0.05, 0) is 0 Å². The fraction of sp³-hybridized carbons (Fsp3) is 0.429. The lowest BCUT2D eigenvalue weighted by Crippen LogP contribution is -2.22. The molecule has 1 aromatic rings. The van der Waals surface area contributed by atoms with Crippen LogP contribution < -0.4 is 5.32 Å². The molecule has 0 atom stereocenters. The van der Waals surface area contributed by atoms with Crippen LogP contribution in [0.25, 0.3) is 0 Å². The zero-order chi connectivity index (χ0) is 8.81. The van der Waals surface area contributed by atoms with E-state index in [1.165, 1.54) is 0 Å². The van der Waals surface area contributed by atoms with Gasteiger partial charge < -0.3 is 5.32 Å². The van der Waals surface area contributed by atoms with Crippen LogP contribution in [-0.4, -0.2) is 16.2 Å². The highest BCUT2D eigenvalue weighted by atomic mass is 79.9. The third-order valence-electron chi connectivity index (χ3n) is 1.24. The number of halogens is 1. The van der Waals surface area contributed by atoms with E-state index in [2.05, 4.69) is 26.2 Å². The molecule has 0 bridgehead atoms. The van der Waals surface area contributed by atoms with E-state index in [-0.39, 0.29) is 5.91 Å².